The first-order valence-corrected chi connectivity index (χ1v) is 26.2. The van der Waals surface area contributed by atoms with E-state index in [9.17, 15) is 0 Å². The molecule has 1 unspecified atom stereocenters. The number of fused-ring (bicyclic) bond motifs is 8. The van der Waals surface area contributed by atoms with Crippen molar-refractivity contribution in [3.63, 3.8) is 0 Å². The third-order valence-corrected chi connectivity index (χ3v) is 15.2. The largest absolute Gasteiger partial charge is 0.331 e. The Morgan fingerprint density at radius 2 is 0.948 bits per heavy atom. The Labute approximate surface area is 444 Å². The van der Waals surface area contributed by atoms with Crippen LogP contribution in [0, 0.1) is 0 Å². The van der Waals surface area contributed by atoms with Crippen molar-refractivity contribution in [1.29, 1.82) is 0 Å². The molecule has 1 aliphatic carbocycles. The summed E-state index contributed by atoms with van der Waals surface area (Å²) in [5.41, 5.74) is 16.3. The fourth-order valence-corrected chi connectivity index (χ4v) is 11.6. The number of para-hydroxylation sites is 2. The Bertz CT molecular complexity index is 4510. The van der Waals surface area contributed by atoms with Gasteiger partial charge in [-0.3, -0.25) is 4.57 Å². The first kappa shape index (κ1) is 44.3. The second-order valence-corrected chi connectivity index (χ2v) is 19.8. The molecular weight excluding hydrogens is 939 g/mol. The van der Waals surface area contributed by atoms with Crippen LogP contribution in [0.25, 0.3) is 128 Å². The third-order valence-electron chi connectivity index (χ3n) is 15.2. The van der Waals surface area contributed by atoms with E-state index in [4.69, 9.17) is 19.9 Å². The van der Waals surface area contributed by atoms with Crippen molar-refractivity contribution < 1.29 is 0 Å². The van der Waals surface area contributed by atoms with Gasteiger partial charge in [-0.2, -0.15) is 0 Å². The Morgan fingerprint density at radius 3 is 1.64 bits per heavy atom. The second kappa shape index (κ2) is 18.3. The molecule has 0 amide bonds. The molecule has 7 heteroatoms. The van der Waals surface area contributed by atoms with Gasteiger partial charge in [0.25, 0.3) is 0 Å². The Hall–Kier alpha value is -10.2. The quantitative estimate of drug-likeness (QED) is 0.145. The van der Waals surface area contributed by atoms with Crippen molar-refractivity contribution in [3.05, 3.63) is 273 Å². The van der Waals surface area contributed by atoms with E-state index in [1.165, 1.54) is 38.0 Å². The van der Waals surface area contributed by atoms with Gasteiger partial charge >= 0.3 is 0 Å². The highest BCUT2D eigenvalue weighted by Gasteiger charge is 2.25. The van der Waals surface area contributed by atoms with Crippen molar-refractivity contribution in [1.82, 2.24) is 33.6 Å². The maximum Gasteiger partial charge on any atom is 0.164 e. The summed E-state index contributed by atoms with van der Waals surface area (Å²) in [5.74, 6) is 2.81. The van der Waals surface area contributed by atoms with Crippen LogP contribution in [0.3, 0.4) is 0 Å². The monoisotopic (exact) mass is 985 g/mol. The summed E-state index contributed by atoms with van der Waals surface area (Å²) >= 11 is 0. The van der Waals surface area contributed by atoms with Gasteiger partial charge in [-0.25, -0.2) is 19.9 Å². The van der Waals surface area contributed by atoms with Crippen molar-refractivity contribution in [2.75, 3.05) is 0 Å². The van der Waals surface area contributed by atoms with E-state index in [1.54, 1.807) is 0 Å². The van der Waals surface area contributed by atoms with E-state index in [-0.39, 0.29) is 6.04 Å². The number of rotatable bonds is 9. The van der Waals surface area contributed by atoms with Gasteiger partial charge in [-0.1, -0.05) is 200 Å². The average Bonchev–Trinajstić information content (AvgIpc) is 4.22. The molecule has 0 radical (unpaired) electrons. The molecule has 15 rings (SSSR count). The number of allylic oxidation sites excluding steroid dienone is 4. The van der Waals surface area contributed by atoms with E-state index in [1.807, 2.05) is 36.4 Å². The van der Waals surface area contributed by atoms with Gasteiger partial charge in [0, 0.05) is 66.6 Å². The lowest BCUT2D eigenvalue weighted by molar-refractivity contribution is 0.650. The van der Waals surface area contributed by atoms with E-state index in [0.29, 0.717) is 17.5 Å². The normalized spacial score (nSPS) is 13.6. The zero-order valence-electron chi connectivity index (χ0n) is 41.8. The zero-order chi connectivity index (χ0) is 50.8. The van der Waals surface area contributed by atoms with Gasteiger partial charge in [0.2, 0.25) is 0 Å². The summed E-state index contributed by atoms with van der Waals surface area (Å²) in [6.45, 7) is 0. The number of hydrogen-bond acceptors (Lipinski definition) is 4. The number of pyridine rings is 1. The van der Waals surface area contributed by atoms with E-state index < -0.39 is 0 Å². The molecule has 0 N–H and O–H groups in total. The molecule has 77 heavy (non-hydrogen) atoms. The highest BCUT2D eigenvalue weighted by molar-refractivity contribution is 6.18. The zero-order valence-corrected chi connectivity index (χ0v) is 41.8. The fraction of sp³-hybridized carbons (Fsp3) is 0.0286. The maximum absolute atomic E-state index is 5.39. The van der Waals surface area contributed by atoms with E-state index in [2.05, 4.69) is 244 Å². The predicted octanol–water partition coefficient (Wildman–Crippen LogP) is 17.3. The highest BCUT2D eigenvalue weighted by Crippen LogP contribution is 2.43. The SMILES string of the molecule is C1=CC(c2nc(-c3ccccc3)nc(-c3ccccc3)n2)=CC(n2c3ccc(-c4ccc5c(c4)c4ccccc4n5-c4cc(-c5ccccc5)cc(-c5ccccc5)n4)cc3c3ccc4ccn(-c5ccccc5)c4c32)C1. The van der Waals surface area contributed by atoms with Crippen molar-refractivity contribution in [2.45, 2.75) is 12.5 Å². The summed E-state index contributed by atoms with van der Waals surface area (Å²) in [4.78, 5) is 20.7. The van der Waals surface area contributed by atoms with E-state index >= 15 is 0 Å². The standard InChI is InChI=1S/C70H47N7/c1-6-19-46(20-7-1)54-44-61(47-21-8-2-9-22-47)71-65(45-54)77-62-32-17-16-31-57(62)59-42-51(35-38-64(59)77)52-34-37-63-60(43-52)58-36-33-48-39-40-75(55-28-14-5-15-29-55)66(48)67(58)76(63)56-30-18-27-53(41-56)70-73-68(49-23-10-3-11-24-49)72-69(74-70)50-25-12-4-13-26-50/h1-29,31-45,56H,30H2. The summed E-state index contributed by atoms with van der Waals surface area (Å²) in [6, 6.07) is 86.0. The molecule has 1 atom stereocenters. The molecule has 0 aliphatic heterocycles. The first-order chi connectivity index (χ1) is 38.2. The minimum atomic E-state index is -0.0541. The summed E-state index contributed by atoms with van der Waals surface area (Å²) in [7, 11) is 0. The Balaban J connectivity index is 0.906. The Morgan fingerprint density at radius 1 is 0.377 bits per heavy atom. The lowest BCUT2D eigenvalue weighted by Gasteiger charge is -2.22. The molecule has 362 valence electrons. The van der Waals surface area contributed by atoms with Crippen LogP contribution < -0.4 is 0 Å². The van der Waals surface area contributed by atoms with Crippen LogP contribution in [0.1, 0.15) is 18.3 Å². The Kier molecular flexibility index (Phi) is 10.5. The number of nitrogens with zero attached hydrogens (tertiary/aromatic N) is 7. The lowest BCUT2D eigenvalue weighted by atomic mass is 10.00. The lowest BCUT2D eigenvalue weighted by Crippen LogP contribution is -2.11. The molecule has 9 aromatic carbocycles. The van der Waals surface area contributed by atoms with Crippen molar-refractivity contribution in [3.8, 4) is 67.8 Å². The molecule has 0 fully saturated rings. The molecule has 5 aromatic heterocycles. The molecule has 5 heterocycles. The number of benzene rings is 9. The van der Waals surface area contributed by atoms with Crippen LogP contribution in [0.5, 0.6) is 0 Å². The number of hydrogen-bond donors (Lipinski definition) is 0. The maximum atomic E-state index is 5.39. The van der Waals surface area contributed by atoms with Gasteiger partial charge in [0.15, 0.2) is 17.5 Å². The fourth-order valence-electron chi connectivity index (χ4n) is 11.6. The first-order valence-electron chi connectivity index (χ1n) is 26.2. The molecule has 0 spiro atoms. The third kappa shape index (κ3) is 7.66. The minimum Gasteiger partial charge on any atom is -0.331 e. The highest BCUT2D eigenvalue weighted by atomic mass is 15.1. The van der Waals surface area contributed by atoms with Gasteiger partial charge in [-0.05, 0) is 89.3 Å². The number of aromatic nitrogens is 7. The predicted molar refractivity (Wildman–Crippen MR) is 316 cm³/mol. The van der Waals surface area contributed by atoms with Crippen LogP contribution in [0.2, 0.25) is 0 Å². The summed E-state index contributed by atoms with van der Waals surface area (Å²) in [5, 5.41) is 5.92. The summed E-state index contributed by atoms with van der Waals surface area (Å²) < 4.78 is 7.24. The van der Waals surface area contributed by atoms with Crippen LogP contribution in [0.15, 0.2) is 267 Å². The molecule has 0 saturated heterocycles. The molecular formula is C70H47N7. The van der Waals surface area contributed by atoms with Crippen molar-refractivity contribution in [2.24, 2.45) is 0 Å². The van der Waals surface area contributed by atoms with Crippen LogP contribution in [-0.2, 0) is 0 Å². The van der Waals surface area contributed by atoms with E-state index in [0.717, 1.165) is 84.7 Å². The van der Waals surface area contributed by atoms with Crippen molar-refractivity contribution >= 4 is 60.1 Å². The minimum absolute atomic E-state index is 0.0541. The molecule has 1 aliphatic rings. The van der Waals surface area contributed by atoms with Gasteiger partial charge in [0.1, 0.15) is 5.82 Å². The van der Waals surface area contributed by atoms with Gasteiger partial charge in [0.05, 0.1) is 33.8 Å². The topological polar surface area (TPSA) is 66.3 Å². The smallest absolute Gasteiger partial charge is 0.164 e. The average molecular weight is 986 g/mol. The summed E-state index contributed by atoms with van der Waals surface area (Å²) in [6.07, 6.45) is 9.81. The second-order valence-electron chi connectivity index (χ2n) is 19.8. The molecule has 0 saturated carbocycles. The molecule has 0 bridgehead atoms. The van der Waals surface area contributed by atoms with Gasteiger partial charge < -0.3 is 9.13 Å². The van der Waals surface area contributed by atoms with Crippen LogP contribution >= 0.6 is 0 Å². The molecule has 14 aromatic rings. The molecule has 7 nitrogen and oxygen atoms in total. The van der Waals surface area contributed by atoms with Gasteiger partial charge in [-0.15, -0.1) is 0 Å². The van der Waals surface area contributed by atoms with Crippen LogP contribution in [0.4, 0.5) is 0 Å². The van der Waals surface area contributed by atoms with Crippen LogP contribution in [-0.4, -0.2) is 33.6 Å².